The van der Waals surface area contributed by atoms with E-state index in [1.54, 1.807) is 34.8 Å². The number of amides is 1. The van der Waals surface area contributed by atoms with Crippen LogP contribution < -0.4 is 0 Å². The van der Waals surface area contributed by atoms with E-state index in [1.165, 1.54) is 0 Å². The molecule has 106 valence electrons. The largest absolute Gasteiger partial charge is 0.386 e. The van der Waals surface area contributed by atoms with Gasteiger partial charge in [0.2, 0.25) is 0 Å². The summed E-state index contributed by atoms with van der Waals surface area (Å²) in [6.45, 7) is 5.79. The Morgan fingerprint density at radius 3 is 2.85 bits per heavy atom. The van der Waals surface area contributed by atoms with E-state index in [4.69, 9.17) is 11.6 Å². The summed E-state index contributed by atoms with van der Waals surface area (Å²) in [4.78, 5) is 14.2. The SMILES string of the molecule is Cc1c(C(=O)N2CC(C)(O)C2C)cn2nccc(Cl)c12. The molecular weight excluding hydrogens is 278 g/mol. The van der Waals surface area contributed by atoms with E-state index >= 15 is 0 Å². The van der Waals surface area contributed by atoms with E-state index in [2.05, 4.69) is 5.10 Å². The maximum atomic E-state index is 12.6. The number of aromatic nitrogens is 2. The van der Waals surface area contributed by atoms with E-state index < -0.39 is 5.60 Å². The van der Waals surface area contributed by atoms with E-state index in [9.17, 15) is 9.90 Å². The van der Waals surface area contributed by atoms with Crippen molar-refractivity contribution in [1.82, 2.24) is 14.5 Å². The second-order valence-electron chi connectivity index (χ2n) is 5.61. The number of β-amino-alcohol motifs (C(OH)–C–C–N with tert-alkyl or cyclic N) is 1. The van der Waals surface area contributed by atoms with Crippen molar-refractivity contribution in [3.05, 3.63) is 34.6 Å². The monoisotopic (exact) mass is 293 g/mol. The molecule has 1 amide bonds. The van der Waals surface area contributed by atoms with Crippen LogP contribution in [-0.2, 0) is 0 Å². The second-order valence-corrected chi connectivity index (χ2v) is 6.01. The maximum absolute atomic E-state index is 12.6. The summed E-state index contributed by atoms with van der Waals surface area (Å²) in [6, 6.07) is 1.51. The fourth-order valence-electron chi connectivity index (χ4n) is 2.67. The van der Waals surface area contributed by atoms with Gasteiger partial charge in [-0.15, -0.1) is 0 Å². The van der Waals surface area contributed by atoms with E-state index in [-0.39, 0.29) is 11.9 Å². The summed E-state index contributed by atoms with van der Waals surface area (Å²) < 4.78 is 1.62. The van der Waals surface area contributed by atoms with Crippen LogP contribution in [-0.4, -0.2) is 43.7 Å². The Bertz CT molecular complexity index is 708. The minimum Gasteiger partial charge on any atom is -0.386 e. The normalized spacial score (nSPS) is 25.9. The topological polar surface area (TPSA) is 57.8 Å². The molecule has 3 rings (SSSR count). The Morgan fingerprint density at radius 1 is 1.60 bits per heavy atom. The molecule has 1 saturated heterocycles. The Kier molecular flexibility index (Phi) is 2.81. The molecule has 0 radical (unpaired) electrons. The third kappa shape index (κ3) is 1.73. The van der Waals surface area contributed by atoms with Gasteiger partial charge in [-0.3, -0.25) is 4.79 Å². The molecule has 0 spiro atoms. The van der Waals surface area contributed by atoms with Crippen molar-refractivity contribution < 1.29 is 9.90 Å². The van der Waals surface area contributed by atoms with Crippen LogP contribution in [0.5, 0.6) is 0 Å². The number of hydrogen-bond acceptors (Lipinski definition) is 3. The molecule has 2 unspecified atom stereocenters. The van der Waals surface area contributed by atoms with Gasteiger partial charge in [0, 0.05) is 12.4 Å². The van der Waals surface area contributed by atoms with Gasteiger partial charge in [-0.05, 0) is 32.4 Å². The Hall–Kier alpha value is -1.59. The Morgan fingerprint density at radius 2 is 2.30 bits per heavy atom. The number of likely N-dealkylation sites (tertiary alicyclic amines) is 1. The molecule has 2 atom stereocenters. The number of fused-ring (bicyclic) bond motifs is 1. The summed E-state index contributed by atoms with van der Waals surface area (Å²) in [5, 5.41) is 14.7. The zero-order chi connectivity index (χ0) is 14.7. The number of aliphatic hydroxyl groups is 1. The van der Waals surface area contributed by atoms with Gasteiger partial charge in [-0.1, -0.05) is 11.6 Å². The Balaban J connectivity index is 2.02. The predicted octanol–water partition coefficient (Wildman–Crippen LogP) is 1.89. The van der Waals surface area contributed by atoms with Crippen LogP contribution in [0.15, 0.2) is 18.5 Å². The second kappa shape index (κ2) is 4.20. The molecule has 0 saturated carbocycles. The predicted molar refractivity (Wildman–Crippen MR) is 76.1 cm³/mol. The van der Waals surface area contributed by atoms with Crippen LogP contribution in [0.1, 0.15) is 29.8 Å². The van der Waals surface area contributed by atoms with E-state index in [0.717, 1.165) is 11.1 Å². The molecule has 0 bridgehead atoms. The molecule has 5 nitrogen and oxygen atoms in total. The number of hydrogen-bond donors (Lipinski definition) is 1. The molecule has 0 aliphatic carbocycles. The molecule has 1 aliphatic heterocycles. The summed E-state index contributed by atoms with van der Waals surface area (Å²) in [7, 11) is 0. The summed E-state index contributed by atoms with van der Waals surface area (Å²) in [6.07, 6.45) is 3.29. The number of carbonyl (C=O) groups excluding carboxylic acids is 1. The lowest BCUT2D eigenvalue weighted by molar-refractivity contribution is -0.111. The number of rotatable bonds is 1. The highest BCUT2D eigenvalue weighted by Gasteiger charge is 2.47. The first kappa shape index (κ1) is 13.4. The van der Waals surface area contributed by atoms with Crippen molar-refractivity contribution in [3.63, 3.8) is 0 Å². The maximum Gasteiger partial charge on any atom is 0.256 e. The molecule has 6 heteroatoms. The third-order valence-electron chi connectivity index (χ3n) is 4.23. The highest BCUT2D eigenvalue weighted by Crippen LogP contribution is 2.32. The molecule has 1 N–H and O–H groups in total. The van der Waals surface area contributed by atoms with Gasteiger partial charge in [-0.2, -0.15) is 5.10 Å². The molecule has 3 heterocycles. The first-order valence-corrected chi connectivity index (χ1v) is 6.86. The van der Waals surface area contributed by atoms with Crippen molar-refractivity contribution in [2.75, 3.05) is 6.54 Å². The molecule has 2 aromatic heterocycles. The van der Waals surface area contributed by atoms with E-state index in [0.29, 0.717) is 17.1 Å². The molecule has 1 aliphatic rings. The average Bonchev–Trinajstić information content (AvgIpc) is 2.74. The van der Waals surface area contributed by atoms with Crippen molar-refractivity contribution >= 4 is 23.0 Å². The van der Waals surface area contributed by atoms with Gasteiger partial charge in [0.1, 0.15) is 0 Å². The number of nitrogens with zero attached hydrogens (tertiary/aromatic N) is 3. The van der Waals surface area contributed by atoms with Crippen LogP contribution in [0.4, 0.5) is 0 Å². The van der Waals surface area contributed by atoms with Crippen molar-refractivity contribution in [2.45, 2.75) is 32.4 Å². The highest BCUT2D eigenvalue weighted by atomic mass is 35.5. The first-order chi connectivity index (χ1) is 9.33. The van der Waals surface area contributed by atoms with Crippen LogP contribution in [0.25, 0.3) is 5.52 Å². The quantitative estimate of drug-likeness (QED) is 0.873. The van der Waals surface area contributed by atoms with Crippen molar-refractivity contribution in [3.8, 4) is 0 Å². The van der Waals surface area contributed by atoms with Crippen LogP contribution in [0.2, 0.25) is 5.02 Å². The lowest BCUT2D eigenvalue weighted by atomic mass is 9.86. The zero-order valence-electron chi connectivity index (χ0n) is 11.6. The Labute approximate surface area is 121 Å². The van der Waals surface area contributed by atoms with Crippen LogP contribution >= 0.6 is 11.6 Å². The molecule has 1 fully saturated rings. The average molecular weight is 294 g/mol. The standard InChI is InChI=1S/C14H16ClN3O2/c1-8-10(6-18-12(8)11(15)4-5-16-18)13(19)17-7-14(3,20)9(17)2/h4-6,9,20H,7H2,1-3H3. The number of carbonyl (C=O) groups is 1. The smallest absolute Gasteiger partial charge is 0.256 e. The van der Waals surface area contributed by atoms with Crippen LogP contribution in [0, 0.1) is 6.92 Å². The van der Waals surface area contributed by atoms with E-state index in [1.807, 2.05) is 13.8 Å². The molecule has 0 aromatic carbocycles. The lowest BCUT2D eigenvalue weighted by Crippen LogP contribution is -2.68. The summed E-state index contributed by atoms with van der Waals surface area (Å²) in [5.41, 5.74) is 1.33. The van der Waals surface area contributed by atoms with Crippen molar-refractivity contribution in [1.29, 1.82) is 0 Å². The van der Waals surface area contributed by atoms with Gasteiger partial charge in [0.15, 0.2) is 0 Å². The molecule has 20 heavy (non-hydrogen) atoms. The molecule has 2 aromatic rings. The zero-order valence-corrected chi connectivity index (χ0v) is 12.3. The summed E-state index contributed by atoms with van der Waals surface area (Å²) in [5.74, 6) is -0.0944. The van der Waals surface area contributed by atoms with Crippen molar-refractivity contribution in [2.24, 2.45) is 0 Å². The van der Waals surface area contributed by atoms with Crippen LogP contribution in [0.3, 0.4) is 0 Å². The number of halogens is 1. The fourth-order valence-corrected chi connectivity index (χ4v) is 2.95. The minimum absolute atomic E-state index is 0.0944. The van der Waals surface area contributed by atoms with Gasteiger partial charge in [0.05, 0.1) is 34.3 Å². The van der Waals surface area contributed by atoms with Gasteiger partial charge in [0.25, 0.3) is 5.91 Å². The highest BCUT2D eigenvalue weighted by molar-refractivity contribution is 6.34. The van der Waals surface area contributed by atoms with Gasteiger partial charge in [-0.25, -0.2) is 4.52 Å². The summed E-state index contributed by atoms with van der Waals surface area (Å²) >= 11 is 6.16. The van der Waals surface area contributed by atoms with Gasteiger partial charge < -0.3 is 10.0 Å². The third-order valence-corrected chi connectivity index (χ3v) is 4.53. The number of aryl methyl sites for hydroxylation is 1. The van der Waals surface area contributed by atoms with Gasteiger partial charge >= 0.3 is 0 Å². The lowest BCUT2D eigenvalue weighted by Gasteiger charge is -2.51. The fraction of sp³-hybridized carbons (Fsp3) is 0.429. The first-order valence-electron chi connectivity index (χ1n) is 6.49. The minimum atomic E-state index is -0.807. The molecular formula is C14H16ClN3O2.